The molecule has 1 amide bonds. The van der Waals surface area contributed by atoms with Crippen molar-refractivity contribution < 1.29 is 14.6 Å². The molecule has 1 fully saturated rings. The van der Waals surface area contributed by atoms with Crippen molar-refractivity contribution in [2.45, 2.75) is 51.3 Å². The second-order valence-corrected chi connectivity index (χ2v) is 5.42. The Hall–Kier alpha value is -0.810. The molecule has 1 unspecified atom stereocenters. The zero-order valence-corrected chi connectivity index (χ0v) is 10.2. The molecule has 0 spiro atoms. The number of aliphatic hydroxyl groups is 1. The van der Waals surface area contributed by atoms with E-state index < -0.39 is 5.60 Å². The molecule has 0 aromatic heterocycles. The van der Waals surface area contributed by atoms with Crippen LogP contribution in [0.4, 0.5) is 4.79 Å². The summed E-state index contributed by atoms with van der Waals surface area (Å²) in [6, 6.07) is -0.0332. The van der Waals surface area contributed by atoms with Crippen LogP contribution in [-0.4, -0.2) is 35.5 Å². The number of alkyl carbamates (subject to hydrolysis) is 1. The second-order valence-electron chi connectivity index (χ2n) is 5.42. The second kappa shape index (κ2) is 5.01. The molecule has 0 heterocycles. The largest absolute Gasteiger partial charge is 0.444 e. The molecule has 4 N–H and O–H groups in total. The number of carbonyl (C=O) groups excluding carboxylic acids is 1. The van der Waals surface area contributed by atoms with Gasteiger partial charge in [0.2, 0.25) is 0 Å². The van der Waals surface area contributed by atoms with Crippen LogP contribution in [0, 0.1) is 5.92 Å². The smallest absolute Gasteiger partial charge is 0.407 e. The van der Waals surface area contributed by atoms with Gasteiger partial charge in [-0.1, -0.05) is 0 Å². The van der Waals surface area contributed by atoms with Crippen molar-refractivity contribution in [1.29, 1.82) is 0 Å². The van der Waals surface area contributed by atoms with Crippen LogP contribution in [0.1, 0.15) is 33.6 Å². The van der Waals surface area contributed by atoms with Crippen molar-refractivity contribution in [2.75, 3.05) is 6.61 Å². The molecular formula is C11H22N2O3. The highest BCUT2D eigenvalue weighted by Gasteiger charge is 2.34. The van der Waals surface area contributed by atoms with E-state index in [1.165, 1.54) is 0 Å². The SMILES string of the molecule is CC(C)(C)OC(=O)NC1CC(C(N)CO)C1. The third kappa shape index (κ3) is 3.98. The number of nitrogens with one attached hydrogen (secondary N) is 1. The molecule has 1 rings (SSSR count). The molecular weight excluding hydrogens is 208 g/mol. The number of ether oxygens (including phenoxy) is 1. The van der Waals surface area contributed by atoms with Crippen LogP contribution >= 0.6 is 0 Å². The summed E-state index contributed by atoms with van der Waals surface area (Å²) in [5.74, 6) is 0.310. The summed E-state index contributed by atoms with van der Waals surface area (Å²) in [5, 5.41) is 11.6. The van der Waals surface area contributed by atoms with E-state index in [9.17, 15) is 4.79 Å². The van der Waals surface area contributed by atoms with Gasteiger partial charge < -0.3 is 20.9 Å². The van der Waals surface area contributed by atoms with Crippen molar-refractivity contribution in [2.24, 2.45) is 11.7 Å². The maximum absolute atomic E-state index is 11.4. The lowest BCUT2D eigenvalue weighted by molar-refractivity contribution is 0.0430. The summed E-state index contributed by atoms with van der Waals surface area (Å²) in [6.45, 7) is 5.50. The molecule has 0 saturated heterocycles. The lowest BCUT2D eigenvalue weighted by Gasteiger charge is -2.38. The number of rotatable bonds is 3. The van der Waals surface area contributed by atoms with E-state index in [1.807, 2.05) is 20.8 Å². The highest BCUT2D eigenvalue weighted by Crippen LogP contribution is 2.29. The molecule has 0 aromatic rings. The first-order valence-corrected chi connectivity index (χ1v) is 5.68. The zero-order chi connectivity index (χ0) is 12.3. The van der Waals surface area contributed by atoms with Gasteiger partial charge in [0.1, 0.15) is 5.60 Å². The van der Waals surface area contributed by atoms with Gasteiger partial charge in [0.05, 0.1) is 6.61 Å². The number of amides is 1. The van der Waals surface area contributed by atoms with Gasteiger partial charge in [-0.2, -0.15) is 0 Å². The topological polar surface area (TPSA) is 84.6 Å². The highest BCUT2D eigenvalue weighted by molar-refractivity contribution is 5.68. The van der Waals surface area contributed by atoms with E-state index in [4.69, 9.17) is 15.6 Å². The van der Waals surface area contributed by atoms with Crippen LogP contribution in [0.2, 0.25) is 0 Å². The van der Waals surface area contributed by atoms with Gasteiger partial charge >= 0.3 is 6.09 Å². The van der Waals surface area contributed by atoms with Crippen molar-refractivity contribution in [1.82, 2.24) is 5.32 Å². The van der Waals surface area contributed by atoms with E-state index in [0.717, 1.165) is 12.8 Å². The molecule has 1 aliphatic carbocycles. The van der Waals surface area contributed by atoms with Gasteiger partial charge in [0, 0.05) is 12.1 Å². The van der Waals surface area contributed by atoms with Crippen molar-refractivity contribution in [3.63, 3.8) is 0 Å². The number of aliphatic hydroxyl groups excluding tert-OH is 1. The van der Waals surface area contributed by atoms with Crippen molar-refractivity contribution in [3.8, 4) is 0 Å². The summed E-state index contributed by atoms with van der Waals surface area (Å²) >= 11 is 0. The Labute approximate surface area is 96.3 Å². The molecule has 1 aliphatic rings. The monoisotopic (exact) mass is 230 g/mol. The molecule has 0 aromatic carbocycles. The Morgan fingerprint density at radius 3 is 2.56 bits per heavy atom. The quantitative estimate of drug-likeness (QED) is 0.663. The van der Waals surface area contributed by atoms with Gasteiger partial charge in [-0.25, -0.2) is 4.79 Å². The number of hydrogen-bond donors (Lipinski definition) is 3. The van der Waals surface area contributed by atoms with Crippen LogP contribution in [0.25, 0.3) is 0 Å². The van der Waals surface area contributed by atoms with Gasteiger partial charge in [0.25, 0.3) is 0 Å². The van der Waals surface area contributed by atoms with Crippen LogP contribution in [-0.2, 0) is 4.74 Å². The minimum atomic E-state index is -0.464. The van der Waals surface area contributed by atoms with Gasteiger partial charge in [0.15, 0.2) is 0 Å². The zero-order valence-electron chi connectivity index (χ0n) is 10.2. The maximum atomic E-state index is 11.4. The molecule has 0 aliphatic heterocycles. The summed E-state index contributed by atoms with van der Waals surface area (Å²) in [7, 11) is 0. The predicted molar refractivity (Wildman–Crippen MR) is 60.9 cm³/mol. The molecule has 94 valence electrons. The lowest BCUT2D eigenvalue weighted by atomic mass is 9.76. The van der Waals surface area contributed by atoms with E-state index >= 15 is 0 Å². The van der Waals surface area contributed by atoms with E-state index in [0.29, 0.717) is 5.92 Å². The average Bonchev–Trinajstić information content (AvgIpc) is 2.06. The summed E-state index contributed by atoms with van der Waals surface area (Å²) < 4.78 is 5.14. The normalized spacial score (nSPS) is 26.8. The Morgan fingerprint density at radius 1 is 1.56 bits per heavy atom. The van der Waals surface area contributed by atoms with Crippen molar-refractivity contribution >= 4 is 6.09 Å². The van der Waals surface area contributed by atoms with E-state index in [1.54, 1.807) is 0 Å². The molecule has 5 heteroatoms. The Balaban J connectivity index is 2.20. The maximum Gasteiger partial charge on any atom is 0.407 e. The fraction of sp³-hybridized carbons (Fsp3) is 0.909. The first-order chi connectivity index (χ1) is 7.31. The van der Waals surface area contributed by atoms with Gasteiger partial charge in [-0.3, -0.25) is 0 Å². The summed E-state index contributed by atoms with van der Waals surface area (Å²) in [6.07, 6.45) is 1.26. The van der Waals surface area contributed by atoms with Crippen LogP contribution < -0.4 is 11.1 Å². The lowest BCUT2D eigenvalue weighted by Crippen LogP contribution is -2.51. The number of hydrogen-bond acceptors (Lipinski definition) is 4. The van der Waals surface area contributed by atoms with Crippen molar-refractivity contribution in [3.05, 3.63) is 0 Å². The van der Waals surface area contributed by atoms with Crippen LogP contribution in [0.3, 0.4) is 0 Å². The molecule has 0 radical (unpaired) electrons. The Morgan fingerprint density at radius 2 is 2.12 bits per heavy atom. The molecule has 5 nitrogen and oxygen atoms in total. The van der Waals surface area contributed by atoms with E-state index in [2.05, 4.69) is 5.32 Å². The van der Waals surface area contributed by atoms with Gasteiger partial charge in [-0.15, -0.1) is 0 Å². The fourth-order valence-corrected chi connectivity index (χ4v) is 1.75. The van der Waals surface area contributed by atoms with Gasteiger partial charge in [-0.05, 0) is 39.5 Å². The highest BCUT2D eigenvalue weighted by atomic mass is 16.6. The number of carbonyl (C=O) groups is 1. The Bertz CT molecular complexity index is 244. The first-order valence-electron chi connectivity index (χ1n) is 5.68. The molecule has 1 saturated carbocycles. The minimum absolute atomic E-state index is 0.00379. The molecule has 0 bridgehead atoms. The first kappa shape index (κ1) is 13.3. The number of nitrogens with two attached hydrogens (primary N) is 1. The molecule has 16 heavy (non-hydrogen) atoms. The predicted octanol–water partition coefficient (Wildman–Crippen LogP) is 0.609. The third-order valence-corrected chi connectivity index (χ3v) is 2.71. The standard InChI is InChI=1S/C11H22N2O3/c1-11(2,3)16-10(15)13-8-4-7(5-8)9(12)6-14/h7-9,14H,4-6,12H2,1-3H3,(H,13,15). The summed E-state index contributed by atoms with van der Waals surface area (Å²) in [5.41, 5.74) is 5.22. The minimum Gasteiger partial charge on any atom is -0.444 e. The average molecular weight is 230 g/mol. The van der Waals surface area contributed by atoms with Crippen LogP contribution in [0.15, 0.2) is 0 Å². The summed E-state index contributed by atoms with van der Waals surface area (Å²) in [4.78, 5) is 11.4. The van der Waals surface area contributed by atoms with Crippen LogP contribution in [0.5, 0.6) is 0 Å². The third-order valence-electron chi connectivity index (χ3n) is 2.71. The Kier molecular flexibility index (Phi) is 4.15. The van der Waals surface area contributed by atoms with E-state index in [-0.39, 0.29) is 24.8 Å². The fourth-order valence-electron chi connectivity index (χ4n) is 1.75. The molecule has 1 atom stereocenters.